The van der Waals surface area contributed by atoms with Crippen LogP contribution in [-0.4, -0.2) is 0 Å². The van der Waals surface area contributed by atoms with Gasteiger partial charge in [-0.05, 0) is 28.1 Å². The lowest BCUT2D eigenvalue weighted by atomic mass is 10.0. The van der Waals surface area contributed by atoms with Gasteiger partial charge in [0, 0.05) is 35.0 Å². The van der Waals surface area contributed by atoms with Gasteiger partial charge < -0.3 is 5.73 Å². The lowest BCUT2D eigenvalue weighted by molar-refractivity contribution is 0.502. The quantitative estimate of drug-likeness (QED) is 0.894. The summed E-state index contributed by atoms with van der Waals surface area (Å²) < 4.78 is 40.7. The molecule has 1 nitrogen and oxygen atoms in total. The van der Waals surface area contributed by atoms with Crippen LogP contribution in [0, 0.1) is 17.5 Å². The van der Waals surface area contributed by atoms with E-state index < -0.39 is 23.5 Å². The number of hydrogen-bond acceptors (Lipinski definition) is 2. The molecule has 0 fully saturated rings. The highest BCUT2D eigenvalue weighted by Crippen LogP contribution is 2.28. The fraction of sp³-hybridized carbons (Fsp3) is 0.167. The first-order valence-corrected chi connectivity index (χ1v) is 6.72. The van der Waals surface area contributed by atoms with Crippen molar-refractivity contribution < 1.29 is 13.2 Å². The molecule has 0 saturated heterocycles. The van der Waals surface area contributed by atoms with Crippen molar-refractivity contribution in [2.75, 3.05) is 0 Å². The van der Waals surface area contributed by atoms with E-state index in [9.17, 15) is 13.2 Å². The minimum Gasteiger partial charge on any atom is -0.323 e. The van der Waals surface area contributed by atoms with Crippen LogP contribution in [0.1, 0.15) is 16.5 Å². The molecule has 2 rings (SSSR count). The Bertz CT molecular complexity index is 547. The van der Waals surface area contributed by atoms with Gasteiger partial charge in [0.05, 0.1) is 3.79 Å². The van der Waals surface area contributed by atoms with Gasteiger partial charge >= 0.3 is 0 Å². The predicted octanol–water partition coefficient (Wildman–Crippen LogP) is 4.17. The summed E-state index contributed by atoms with van der Waals surface area (Å²) in [5.74, 6) is -2.84. The van der Waals surface area contributed by atoms with Crippen LogP contribution in [0.2, 0.25) is 0 Å². The summed E-state index contributed by atoms with van der Waals surface area (Å²) in [6, 6.07) is 4.11. The molecule has 0 spiro atoms. The average Bonchev–Trinajstić information content (AvgIpc) is 2.62. The second kappa shape index (κ2) is 5.42. The van der Waals surface area contributed by atoms with E-state index in [0.29, 0.717) is 18.6 Å². The molecule has 1 atom stereocenters. The largest absolute Gasteiger partial charge is 0.323 e. The van der Waals surface area contributed by atoms with Gasteiger partial charge in [-0.15, -0.1) is 11.3 Å². The van der Waals surface area contributed by atoms with Gasteiger partial charge in [0.25, 0.3) is 0 Å². The van der Waals surface area contributed by atoms with E-state index in [1.807, 2.05) is 12.1 Å². The van der Waals surface area contributed by atoms with Crippen molar-refractivity contribution in [2.45, 2.75) is 12.5 Å². The van der Waals surface area contributed by atoms with Crippen LogP contribution in [0.3, 0.4) is 0 Å². The molecule has 1 heterocycles. The highest BCUT2D eigenvalue weighted by molar-refractivity contribution is 9.11. The molecule has 0 aliphatic rings. The number of hydrogen-bond donors (Lipinski definition) is 1. The van der Waals surface area contributed by atoms with Crippen molar-refractivity contribution in [3.05, 3.63) is 55.9 Å². The number of nitrogens with two attached hydrogens (primary N) is 1. The molecule has 0 aliphatic heterocycles. The van der Waals surface area contributed by atoms with Crippen molar-refractivity contribution in [3.8, 4) is 0 Å². The zero-order chi connectivity index (χ0) is 13.3. The molecule has 18 heavy (non-hydrogen) atoms. The normalized spacial score (nSPS) is 12.7. The molecule has 0 bridgehead atoms. The Morgan fingerprint density at radius 1 is 1.17 bits per heavy atom. The van der Waals surface area contributed by atoms with Gasteiger partial charge in [0.2, 0.25) is 0 Å². The number of thiophene rings is 1. The topological polar surface area (TPSA) is 26.0 Å². The molecule has 2 N–H and O–H groups in total. The Balaban J connectivity index is 2.26. The molecule has 0 radical (unpaired) electrons. The van der Waals surface area contributed by atoms with E-state index in [-0.39, 0.29) is 5.56 Å². The zero-order valence-corrected chi connectivity index (χ0v) is 11.5. The summed E-state index contributed by atoms with van der Waals surface area (Å²) >= 11 is 4.74. The molecule has 0 saturated carbocycles. The molecule has 1 aromatic carbocycles. The Kier molecular flexibility index (Phi) is 4.09. The molecule has 1 aromatic heterocycles. The summed E-state index contributed by atoms with van der Waals surface area (Å²) in [5.41, 5.74) is 5.50. The molecular weight excluding hydrogens is 327 g/mol. The predicted molar refractivity (Wildman–Crippen MR) is 69.0 cm³/mol. The third kappa shape index (κ3) is 2.93. The molecule has 6 heteroatoms. The first-order valence-electron chi connectivity index (χ1n) is 5.11. The summed E-state index contributed by atoms with van der Waals surface area (Å²) in [6.45, 7) is 0. The minimum atomic E-state index is -0.948. The molecular formula is C12H9BrF3NS. The number of halogens is 4. The number of benzene rings is 1. The first-order chi connectivity index (χ1) is 8.47. The third-order valence-electron chi connectivity index (χ3n) is 2.46. The second-order valence-corrected chi connectivity index (χ2v) is 6.35. The Labute approximate surface area is 115 Å². The van der Waals surface area contributed by atoms with Crippen LogP contribution in [0.25, 0.3) is 0 Å². The summed E-state index contributed by atoms with van der Waals surface area (Å²) in [6.07, 6.45) is 0.301. The van der Waals surface area contributed by atoms with E-state index in [1.165, 1.54) is 11.3 Å². The van der Waals surface area contributed by atoms with Crippen LogP contribution in [0.15, 0.2) is 28.1 Å². The maximum atomic E-state index is 13.5. The van der Waals surface area contributed by atoms with Gasteiger partial charge in [-0.2, -0.15) is 0 Å². The van der Waals surface area contributed by atoms with E-state index in [1.54, 1.807) is 0 Å². The van der Waals surface area contributed by atoms with Crippen molar-refractivity contribution in [2.24, 2.45) is 5.73 Å². The Hall–Kier alpha value is -0.850. The molecule has 96 valence electrons. The molecule has 0 aliphatic carbocycles. The fourth-order valence-corrected chi connectivity index (χ4v) is 3.23. The van der Waals surface area contributed by atoms with Crippen molar-refractivity contribution in [1.82, 2.24) is 0 Å². The number of rotatable bonds is 3. The standard InChI is InChI=1S/C12H9BrF3NS/c13-11-2-1-7(18-11)5-10(17)12-8(15)3-6(14)4-9(12)16/h1-4,10H,5,17H2. The maximum absolute atomic E-state index is 13.5. The lowest BCUT2D eigenvalue weighted by Crippen LogP contribution is -2.16. The van der Waals surface area contributed by atoms with Crippen LogP contribution >= 0.6 is 27.3 Å². The van der Waals surface area contributed by atoms with E-state index in [2.05, 4.69) is 15.9 Å². The van der Waals surface area contributed by atoms with Gasteiger partial charge in [-0.1, -0.05) is 0 Å². The van der Waals surface area contributed by atoms with Crippen molar-refractivity contribution in [1.29, 1.82) is 0 Å². The summed E-state index contributed by atoms with van der Waals surface area (Å²) in [7, 11) is 0. The lowest BCUT2D eigenvalue weighted by Gasteiger charge is -2.13. The molecule has 1 unspecified atom stereocenters. The summed E-state index contributed by atoms with van der Waals surface area (Å²) in [4.78, 5) is 0.900. The monoisotopic (exact) mass is 335 g/mol. The second-order valence-electron chi connectivity index (χ2n) is 3.80. The highest BCUT2D eigenvalue weighted by atomic mass is 79.9. The van der Waals surface area contributed by atoms with Crippen LogP contribution in [0.4, 0.5) is 13.2 Å². The Morgan fingerprint density at radius 2 is 1.78 bits per heavy atom. The first kappa shape index (κ1) is 13.6. The minimum absolute atomic E-state index is 0.277. The van der Waals surface area contributed by atoms with Gasteiger partial charge in [0.1, 0.15) is 17.5 Å². The SMILES string of the molecule is NC(Cc1ccc(Br)s1)c1c(F)cc(F)cc1F. The van der Waals surface area contributed by atoms with Crippen LogP contribution < -0.4 is 5.73 Å². The van der Waals surface area contributed by atoms with Gasteiger partial charge in [-0.25, -0.2) is 13.2 Å². The van der Waals surface area contributed by atoms with Crippen LogP contribution in [-0.2, 0) is 6.42 Å². The van der Waals surface area contributed by atoms with Crippen LogP contribution in [0.5, 0.6) is 0 Å². The average molecular weight is 336 g/mol. The summed E-state index contributed by atoms with van der Waals surface area (Å²) in [5, 5.41) is 0. The highest BCUT2D eigenvalue weighted by Gasteiger charge is 2.19. The van der Waals surface area contributed by atoms with Crippen molar-refractivity contribution >= 4 is 27.3 Å². The zero-order valence-electron chi connectivity index (χ0n) is 9.09. The van der Waals surface area contributed by atoms with Gasteiger partial charge in [0.15, 0.2) is 0 Å². The van der Waals surface area contributed by atoms with Gasteiger partial charge in [-0.3, -0.25) is 0 Å². The van der Waals surface area contributed by atoms with E-state index in [0.717, 1.165) is 8.66 Å². The van der Waals surface area contributed by atoms with E-state index in [4.69, 9.17) is 5.73 Å². The fourth-order valence-electron chi connectivity index (χ4n) is 1.69. The maximum Gasteiger partial charge on any atom is 0.133 e. The smallest absolute Gasteiger partial charge is 0.133 e. The molecule has 0 amide bonds. The molecule has 2 aromatic rings. The third-order valence-corrected chi connectivity index (χ3v) is 4.11. The van der Waals surface area contributed by atoms with E-state index >= 15 is 0 Å². The Morgan fingerprint density at radius 3 is 2.28 bits per heavy atom. The van der Waals surface area contributed by atoms with Crippen molar-refractivity contribution in [3.63, 3.8) is 0 Å².